The van der Waals surface area contributed by atoms with Crippen LogP contribution in [0.5, 0.6) is 0 Å². The largest absolute Gasteiger partial charge is 0.395 e. The van der Waals surface area contributed by atoms with Gasteiger partial charge >= 0.3 is 0 Å². The lowest BCUT2D eigenvalue weighted by molar-refractivity contribution is 0.0951. The number of amides is 1. The third-order valence-electron chi connectivity index (χ3n) is 5.56. The summed E-state index contributed by atoms with van der Waals surface area (Å²) < 4.78 is 1.76. The number of carbonyl (C=O) groups excluding carboxylic acids is 1. The third kappa shape index (κ3) is 5.02. The lowest BCUT2D eigenvalue weighted by atomic mass is 10.1. The maximum Gasteiger partial charge on any atom is 0.251 e. The predicted molar refractivity (Wildman–Crippen MR) is 127 cm³/mol. The van der Waals surface area contributed by atoms with Crippen molar-refractivity contribution >= 4 is 23.2 Å². The van der Waals surface area contributed by atoms with Crippen molar-refractivity contribution < 1.29 is 9.90 Å². The van der Waals surface area contributed by atoms with Gasteiger partial charge in [-0.2, -0.15) is 4.98 Å². The Hall–Kier alpha value is -3.75. The average molecular weight is 443 g/mol. The van der Waals surface area contributed by atoms with E-state index >= 15 is 0 Å². The van der Waals surface area contributed by atoms with Gasteiger partial charge in [0.2, 0.25) is 5.95 Å². The molecule has 8 nitrogen and oxygen atoms in total. The molecule has 1 aliphatic rings. The van der Waals surface area contributed by atoms with Crippen LogP contribution in [0.15, 0.2) is 66.9 Å². The molecule has 1 aliphatic carbocycles. The highest BCUT2D eigenvalue weighted by molar-refractivity contribution is 5.95. The van der Waals surface area contributed by atoms with Crippen molar-refractivity contribution in [3.63, 3.8) is 0 Å². The van der Waals surface area contributed by atoms with Crippen molar-refractivity contribution in [2.24, 2.45) is 0 Å². The summed E-state index contributed by atoms with van der Waals surface area (Å²) >= 11 is 0. The Kier molecular flexibility index (Phi) is 6.01. The predicted octanol–water partition coefficient (Wildman–Crippen LogP) is 3.11. The number of aromatic nitrogens is 3. The lowest BCUT2D eigenvalue weighted by Crippen LogP contribution is -2.25. The molecule has 1 amide bonds. The van der Waals surface area contributed by atoms with Gasteiger partial charge in [0.05, 0.1) is 6.61 Å². The molecule has 33 heavy (non-hydrogen) atoms. The lowest BCUT2D eigenvalue weighted by Gasteiger charge is -2.06. The number of rotatable bonds is 9. The Morgan fingerprint density at radius 1 is 1.06 bits per heavy atom. The molecule has 0 atom stereocenters. The van der Waals surface area contributed by atoms with Crippen molar-refractivity contribution in [2.45, 2.75) is 25.4 Å². The van der Waals surface area contributed by atoms with E-state index in [2.05, 4.69) is 45.3 Å². The summed E-state index contributed by atoms with van der Waals surface area (Å²) in [5.74, 6) is 0.456. The van der Waals surface area contributed by atoms with Crippen LogP contribution in [0, 0.1) is 0 Å². The molecule has 168 valence electrons. The van der Waals surface area contributed by atoms with Crippen LogP contribution in [0.4, 0.5) is 11.6 Å². The molecule has 2 aromatic carbocycles. The molecule has 0 bridgehead atoms. The van der Waals surface area contributed by atoms with Crippen LogP contribution >= 0.6 is 0 Å². The van der Waals surface area contributed by atoms with E-state index in [4.69, 9.17) is 10.1 Å². The maximum atomic E-state index is 12.2. The zero-order valence-corrected chi connectivity index (χ0v) is 18.2. The fraction of sp³-hybridized carbons (Fsp3) is 0.240. The fourth-order valence-electron chi connectivity index (χ4n) is 3.63. The molecule has 0 spiro atoms. The van der Waals surface area contributed by atoms with Gasteiger partial charge in [0, 0.05) is 42.1 Å². The van der Waals surface area contributed by atoms with Crippen LogP contribution in [-0.2, 0) is 6.54 Å². The van der Waals surface area contributed by atoms with Gasteiger partial charge in [-0.15, -0.1) is 5.10 Å². The number of nitrogens with zero attached hydrogens (tertiary/aromatic N) is 3. The first kappa shape index (κ1) is 21.1. The van der Waals surface area contributed by atoms with E-state index in [0.29, 0.717) is 30.6 Å². The minimum atomic E-state index is -0.0326. The number of hydrogen-bond acceptors (Lipinski definition) is 6. The minimum Gasteiger partial charge on any atom is -0.395 e. The van der Waals surface area contributed by atoms with Crippen molar-refractivity contribution in [3.8, 4) is 11.1 Å². The van der Waals surface area contributed by atoms with Gasteiger partial charge in [-0.25, -0.2) is 4.52 Å². The van der Waals surface area contributed by atoms with Crippen LogP contribution in [0.2, 0.25) is 0 Å². The number of fused-ring (bicyclic) bond motifs is 1. The fourth-order valence-corrected chi connectivity index (χ4v) is 3.63. The number of pyridine rings is 1. The van der Waals surface area contributed by atoms with Gasteiger partial charge in [-0.3, -0.25) is 4.79 Å². The number of benzene rings is 2. The molecular formula is C25H26N6O2. The summed E-state index contributed by atoms with van der Waals surface area (Å²) in [6, 6.07) is 19.9. The highest BCUT2D eigenvalue weighted by atomic mass is 16.3. The van der Waals surface area contributed by atoms with Gasteiger partial charge < -0.3 is 21.1 Å². The third-order valence-corrected chi connectivity index (χ3v) is 5.56. The summed E-state index contributed by atoms with van der Waals surface area (Å²) in [5.41, 5.74) is 5.41. The molecule has 0 radical (unpaired) electrons. The first-order valence-electron chi connectivity index (χ1n) is 11.1. The van der Waals surface area contributed by atoms with Crippen LogP contribution < -0.4 is 16.0 Å². The molecule has 0 saturated heterocycles. The highest BCUT2D eigenvalue weighted by Crippen LogP contribution is 2.25. The molecular weight excluding hydrogens is 416 g/mol. The molecule has 1 saturated carbocycles. The smallest absolute Gasteiger partial charge is 0.251 e. The van der Waals surface area contributed by atoms with Crippen LogP contribution in [0.1, 0.15) is 28.8 Å². The Bertz CT molecular complexity index is 1250. The summed E-state index contributed by atoms with van der Waals surface area (Å²) in [4.78, 5) is 16.9. The number of anilines is 2. The quantitative estimate of drug-likeness (QED) is 0.297. The Labute approximate surface area is 191 Å². The number of nitrogens with one attached hydrogen (secondary N) is 3. The molecule has 0 unspecified atom stereocenters. The maximum absolute atomic E-state index is 12.2. The molecule has 5 rings (SSSR count). The SMILES string of the molecule is O=C(NC1CC1)c1ccc(Nc2nc3c(-c4ccc(CNCCO)cc4)cccn3n2)cc1. The zero-order chi connectivity index (χ0) is 22.6. The molecule has 4 aromatic rings. The summed E-state index contributed by atoms with van der Waals surface area (Å²) in [6.45, 7) is 1.42. The molecule has 0 aliphatic heterocycles. The summed E-state index contributed by atoms with van der Waals surface area (Å²) in [5, 5.41) is 22.8. The second-order valence-corrected chi connectivity index (χ2v) is 8.17. The Morgan fingerprint density at radius 2 is 1.85 bits per heavy atom. The second kappa shape index (κ2) is 9.40. The molecule has 1 fully saturated rings. The van der Waals surface area contributed by atoms with Gasteiger partial charge in [0.15, 0.2) is 5.65 Å². The molecule has 2 aromatic heterocycles. The number of carbonyl (C=O) groups is 1. The molecule has 2 heterocycles. The minimum absolute atomic E-state index is 0.0326. The van der Waals surface area contributed by atoms with E-state index in [-0.39, 0.29) is 12.5 Å². The van der Waals surface area contributed by atoms with E-state index in [0.717, 1.165) is 40.9 Å². The standard InChI is InChI=1S/C25H26N6O2/c32-15-13-26-16-17-3-5-18(6-4-17)22-2-1-14-31-23(22)29-25(30-31)28-21-9-7-19(8-10-21)24(33)27-20-11-12-20/h1-10,14,20,26,32H,11-13,15-16H2,(H,27,33)(H,28,30). The Morgan fingerprint density at radius 3 is 2.58 bits per heavy atom. The summed E-state index contributed by atoms with van der Waals surface area (Å²) in [7, 11) is 0. The molecule has 4 N–H and O–H groups in total. The first-order valence-corrected chi connectivity index (χ1v) is 11.1. The van der Waals surface area contributed by atoms with E-state index < -0.39 is 0 Å². The van der Waals surface area contributed by atoms with Gasteiger partial charge in [-0.05, 0) is 60.4 Å². The zero-order valence-electron chi connectivity index (χ0n) is 18.2. The summed E-state index contributed by atoms with van der Waals surface area (Å²) in [6.07, 6.45) is 4.01. The van der Waals surface area contributed by atoms with E-state index in [9.17, 15) is 4.79 Å². The van der Waals surface area contributed by atoms with Crippen molar-refractivity contribution in [1.29, 1.82) is 0 Å². The normalized spacial score (nSPS) is 13.2. The van der Waals surface area contributed by atoms with Crippen molar-refractivity contribution in [1.82, 2.24) is 25.2 Å². The van der Waals surface area contributed by atoms with E-state index in [1.54, 1.807) is 16.6 Å². The van der Waals surface area contributed by atoms with E-state index in [1.165, 1.54) is 0 Å². The topological polar surface area (TPSA) is 104 Å². The first-order chi connectivity index (χ1) is 16.2. The van der Waals surface area contributed by atoms with Gasteiger partial charge in [0.25, 0.3) is 5.91 Å². The van der Waals surface area contributed by atoms with Crippen LogP contribution in [-0.4, -0.2) is 44.8 Å². The van der Waals surface area contributed by atoms with Crippen molar-refractivity contribution in [3.05, 3.63) is 78.0 Å². The van der Waals surface area contributed by atoms with Gasteiger partial charge in [0.1, 0.15) is 0 Å². The second-order valence-electron chi connectivity index (χ2n) is 8.17. The average Bonchev–Trinajstić information content (AvgIpc) is 3.55. The monoisotopic (exact) mass is 442 g/mol. The highest BCUT2D eigenvalue weighted by Gasteiger charge is 2.23. The Balaban J connectivity index is 1.32. The van der Waals surface area contributed by atoms with Crippen LogP contribution in [0.3, 0.4) is 0 Å². The van der Waals surface area contributed by atoms with Crippen molar-refractivity contribution in [2.75, 3.05) is 18.5 Å². The van der Waals surface area contributed by atoms with Crippen LogP contribution in [0.25, 0.3) is 16.8 Å². The van der Waals surface area contributed by atoms with E-state index in [1.807, 2.05) is 30.5 Å². The molecule has 8 heteroatoms. The number of aliphatic hydroxyl groups excluding tert-OH is 1. The number of hydrogen-bond donors (Lipinski definition) is 4. The number of aliphatic hydroxyl groups is 1. The van der Waals surface area contributed by atoms with Gasteiger partial charge in [-0.1, -0.05) is 24.3 Å².